The van der Waals surface area contributed by atoms with Gasteiger partial charge in [0.25, 0.3) is 0 Å². The fourth-order valence-electron chi connectivity index (χ4n) is 6.79. The van der Waals surface area contributed by atoms with E-state index in [1.165, 1.54) is 5.56 Å². The van der Waals surface area contributed by atoms with Crippen molar-refractivity contribution in [2.75, 3.05) is 78.3 Å². The SMILES string of the molecule is COCCCN1CCOc2ccc(CO[C@H]3CNC[C@@H](CNC(=O)C4CCCC4)[C@@H]3c3ccc(COCCOC)cc3)cc21. The van der Waals surface area contributed by atoms with Gasteiger partial charge >= 0.3 is 0 Å². The molecule has 0 radical (unpaired) electrons. The smallest absolute Gasteiger partial charge is 0.223 e. The first-order chi connectivity index (χ1) is 21.7. The summed E-state index contributed by atoms with van der Waals surface area (Å²) in [6.07, 6.45) is 5.27. The quantitative estimate of drug-likeness (QED) is 0.273. The van der Waals surface area contributed by atoms with Crippen molar-refractivity contribution in [2.24, 2.45) is 11.8 Å². The molecule has 0 bridgehead atoms. The van der Waals surface area contributed by atoms with Crippen LogP contribution in [0, 0.1) is 11.8 Å². The number of hydrogen-bond donors (Lipinski definition) is 2. The second kappa shape index (κ2) is 17.1. The van der Waals surface area contributed by atoms with Gasteiger partial charge in [-0.15, -0.1) is 0 Å². The normalized spacial score (nSPS) is 22.0. The van der Waals surface area contributed by atoms with E-state index in [1.807, 2.05) is 0 Å². The number of nitrogens with zero attached hydrogens (tertiary/aromatic N) is 1. The van der Waals surface area contributed by atoms with Crippen LogP contribution in [-0.2, 0) is 37.0 Å². The third-order valence-corrected chi connectivity index (χ3v) is 9.21. The highest BCUT2D eigenvalue weighted by molar-refractivity contribution is 5.78. The Bertz CT molecular complexity index is 1160. The van der Waals surface area contributed by atoms with E-state index in [-0.39, 0.29) is 29.8 Å². The van der Waals surface area contributed by atoms with Gasteiger partial charge in [0, 0.05) is 58.8 Å². The average molecular weight is 610 g/mol. The summed E-state index contributed by atoms with van der Waals surface area (Å²) in [5.74, 6) is 1.67. The van der Waals surface area contributed by atoms with Crippen molar-refractivity contribution in [2.45, 2.75) is 57.3 Å². The molecule has 242 valence electrons. The number of ether oxygens (including phenoxy) is 5. The van der Waals surface area contributed by atoms with E-state index >= 15 is 0 Å². The molecule has 9 nitrogen and oxygen atoms in total. The minimum atomic E-state index is -0.0361. The largest absolute Gasteiger partial charge is 0.490 e. The molecule has 3 atom stereocenters. The number of amides is 1. The van der Waals surface area contributed by atoms with Crippen LogP contribution in [0.25, 0.3) is 0 Å². The second-order valence-electron chi connectivity index (χ2n) is 12.3. The molecule has 2 aromatic carbocycles. The van der Waals surface area contributed by atoms with Crippen molar-refractivity contribution in [3.05, 3.63) is 59.2 Å². The summed E-state index contributed by atoms with van der Waals surface area (Å²) in [5.41, 5.74) is 4.63. The lowest BCUT2D eigenvalue weighted by Gasteiger charge is -2.39. The van der Waals surface area contributed by atoms with Gasteiger partial charge in [0.05, 0.1) is 44.8 Å². The number of nitrogens with one attached hydrogen (secondary N) is 2. The van der Waals surface area contributed by atoms with E-state index in [0.717, 1.165) is 87.5 Å². The number of methoxy groups -OCH3 is 2. The first-order valence-corrected chi connectivity index (χ1v) is 16.4. The molecule has 0 spiro atoms. The summed E-state index contributed by atoms with van der Waals surface area (Å²) < 4.78 is 28.8. The fraction of sp³-hybridized carbons (Fsp3) is 0.629. The molecule has 9 heteroatoms. The van der Waals surface area contributed by atoms with Gasteiger partial charge in [0.15, 0.2) is 0 Å². The predicted octanol–water partition coefficient (Wildman–Crippen LogP) is 4.28. The highest BCUT2D eigenvalue weighted by Gasteiger charge is 2.36. The van der Waals surface area contributed by atoms with Crippen molar-refractivity contribution in [1.29, 1.82) is 0 Å². The molecular weight excluding hydrogens is 558 g/mol. The Morgan fingerprint density at radius 1 is 0.977 bits per heavy atom. The van der Waals surface area contributed by atoms with Crippen LogP contribution in [0.15, 0.2) is 42.5 Å². The molecule has 2 heterocycles. The van der Waals surface area contributed by atoms with E-state index in [4.69, 9.17) is 23.7 Å². The summed E-state index contributed by atoms with van der Waals surface area (Å²) in [5, 5.41) is 6.91. The van der Waals surface area contributed by atoms with Gasteiger partial charge in [0.1, 0.15) is 12.4 Å². The van der Waals surface area contributed by atoms with Gasteiger partial charge < -0.3 is 39.2 Å². The first-order valence-electron chi connectivity index (χ1n) is 16.4. The Labute approximate surface area is 262 Å². The van der Waals surface area contributed by atoms with Crippen LogP contribution in [-0.4, -0.2) is 85.4 Å². The van der Waals surface area contributed by atoms with Gasteiger partial charge in [-0.2, -0.15) is 0 Å². The molecule has 1 saturated carbocycles. The number of carbonyl (C=O) groups excluding carboxylic acids is 1. The topological polar surface area (TPSA) is 90.5 Å². The molecule has 2 N–H and O–H groups in total. The molecule has 1 aliphatic carbocycles. The number of carbonyl (C=O) groups is 1. The van der Waals surface area contributed by atoms with Gasteiger partial charge in [0.2, 0.25) is 5.91 Å². The molecule has 3 aliphatic rings. The van der Waals surface area contributed by atoms with Crippen LogP contribution in [0.2, 0.25) is 0 Å². The van der Waals surface area contributed by atoms with Crippen LogP contribution in [0.5, 0.6) is 5.75 Å². The third kappa shape index (κ3) is 8.95. The molecule has 1 amide bonds. The predicted molar refractivity (Wildman–Crippen MR) is 171 cm³/mol. The van der Waals surface area contributed by atoms with Crippen LogP contribution in [0.4, 0.5) is 5.69 Å². The highest BCUT2D eigenvalue weighted by atomic mass is 16.5. The van der Waals surface area contributed by atoms with Gasteiger partial charge in [-0.3, -0.25) is 4.79 Å². The highest BCUT2D eigenvalue weighted by Crippen LogP contribution is 2.36. The van der Waals surface area contributed by atoms with Crippen LogP contribution < -0.4 is 20.3 Å². The van der Waals surface area contributed by atoms with Crippen LogP contribution in [0.3, 0.4) is 0 Å². The van der Waals surface area contributed by atoms with Crippen LogP contribution in [0.1, 0.15) is 54.7 Å². The molecule has 5 rings (SSSR count). The van der Waals surface area contributed by atoms with Crippen molar-refractivity contribution in [3.8, 4) is 5.75 Å². The molecule has 2 aliphatic heterocycles. The number of hydrogen-bond acceptors (Lipinski definition) is 8. The summed E-state index contributed by atoms with van der Waals surface area (Å²) in [6.45, 7) is 7.71. The van der Waals surface area contributed by atoms with Crippen molar-refractivity contribution in [3.63, 3.8) is 0 Å². The Morgan fingerprint density at radius 2 is 1.77 bits per heavy atom. The zero-order chi connectivity index (χ0) is 30.6. The van der Waals surface area contributed by atoms with Crippen molar-refractivity contribution >= 4 is 11.6 Å². The fourth-order valence-corrected chi connectivity index (χ4v) is 6.79. The van der Waals surface area contributed by atoms with Gasteiger partial charge in [-0.05, 0) is 54.0 Å². The molecule has 0 unspecified atom stereocenters. The van der Waals surface area contributed by atoms with Gasteiger partial charge in [-0.1, -0.05) is 43.2 Å². The summed E-state index contributed by atoms with van der Waals surface area (Å²) >= 11 is 0. The maximum absolute atomic E-state index is 12.9. The summed E-state index contributed by atoms with van der Waals surface area (Å²) in [6, 6.07) is 15.1. The Balaban J connectivity index is 1.28. The standard InChI is InChI=1S/C35H51N3O6/c1-40-16-5-14-38-15-17-43-32-13-10-27(20-31(32)38)25-44-33-23-36-21-30(22-37-35(39)29-6-3-4-7-29)34(33)28-11-8-26(9-12-28)24-42-19-18-41-2/h8-13,20,29-30,33-34,36H,3-7,14-19,21-25H2,1-2H3,(H,37,39)/t30-,33-,34-/m0/s1. The number of benzene rings is 2. The summed E-state index contributed by atoms with van der Waals surface area (Å²) in [4.78, 5) is 15.3. The van der Waals surface area contributed by atoms with E-state index in [0.29, 0.717) is 39.6 Å². The maximum atomic E-state index is 12.9. The first kappa shape index (κ1) is 32.7. The van der Waals surface area contributed by atoms with E-state index < -0.39 is 0 Å². The van der Waals surface area contributed by atoms with Crippen LogP contribution >= 0.6 is 0 Å². The number of piperidine rings is 1. The molecule has 2 aromatic rings. The Hall–Kier alpha value is -2.69. The number of rotatable bonds is 16. The minimum Gasteiger partial charge on any atom is -0.490 e. The lowest BCUT2D eigenvalue weighted by atomic mass is 9.78. The second-order valence-corrected chi connectivity index (χ2v) is 12.3. The average Bonchev–Trinajstić information content (AvgIpc) is 3.61. The lowest BCUT2D eigenvalue weighted by Crippen LogP contribution is -2.50. The zero-order valence-corrected chi connectivity index (χ0v) is 26.6. The monoisotopic (exact) mass is 609 g/mol. The molecule has 1 saturated heterocycles. The lowest BCUT2D eigenvalue weighted by molar-refractivity contribution is -0.125. The Morgan fingerprint density at radius 3 is 2.57 bits per heavy atom. The molecule has 44 heavy (non-hydrogen) atoms. The Kier molecular flexibility index (Phi) is 12.7. The van der Waals surface area contributed by atoms with E-state index in [9.17, 15) is 4.79 Å². The van der Waals surface area contributed by atoms with Crippen molar-refractivity contribution < 1.29 is 28.5 Å². The van der Waals surface area contributed by atoms with Crippen molar-refractivity contribution in [1.82, 2.24) is 10.6 Å². The molecular formula is C35H51N3O6. The molecule has 0 aromatic heterocycles. The van der Waals surface area contributed by atoms with E-state index in [2.05, 4.69) is 58.0 Å². The zero-order valence-electron chi connectivity index (χ0n) is 26.6. The number of fused-ring (bicyclic) bond motifs is 1. The third-order valence-electron chi connectivity index (χ3n) is 9.21. The minimum absolute atomic E-state index is 0.0361. The molecule has 2 fully saturated rings. The number of anilines is 1. The maximum Gasteiger partial charge on any atom is 0.223 e. The van der Waals surface area contributed by atoms with E-state index in [1.54, 1.807) is 14.2 Å². The van der Waals surface area contributed by atoms with Gasteiger partial charge in [-0.25, -0.2) is 0 Å². The summed E-state index contributed by atoms with van der Waals surface area (Å²) in [7, 11) is 3.43.